The summed E-state index contributed by atoms with van der Waals surface area (Å²) in [4.78, 5) is 74.1. The molecule has 232 valence electrons. The minimum Gasteiger partial charge on any atom is -0.541 e. The molecule has 0 saturated carbocycles. The van der Waals surface area contributed by atoms with E-state index >= 15 is 0 Å². The van der Waals surface area contributed by atoms with Crippen LogP contribution in [0.4, 0.5) is 9.93 Å². The number of amides is 3. The van der Waals surface area contributed by atoms with Crippen molar-refractivity contribution in [3.63, 3.8) is 0 Å². The second-order valence-corrected chi connectivity index (χ2v) is 12.3. The minimum absolute atomic E-state index is 0.0360. The van der Waals surface area contributed by atoms with Crippen molar-refractivity contribution >= 4 is 91.3 Å². The fourth-order valence-corrected chi connectivity index (χ4v) is 5.06. The molecule has 0 unspecified atom stereocenters. The largest absolute Gasteiger partial charge is 0.541 e. The van der Waals surface area contributed by atoms with Crippen LogP contribution in [0.25, 0.3) is 0 Å². The number of rotatable bonds is 10. The Kier molecular flexibility index (Phi) is 11.1. The van der Waals surface area contributed by atoms with Crippen molar-refractivity contribution in [2.45, 2.75) is 58.6 Å². The molecule has 0 spiro atoms. The van der Waals surface area contributed by atoms with Crippen LogP contribution in [0.15, 0.2) is 16.4 Å². The van der Waals surface area contributed by atoms with Crippen LogP contribution in [0, 0.1) is 5.92 Å². The maximum atomic E-state index is 13.6. The monoisotopic (exact) mass is 659 g/mol. The second kappa shape index (κ2) is 14.0. The summed E-state index contributed by atoms with van der Waals surface area (Å²) in [5.41, 5.74) is -1.29. The highest BCUT2D eigenvalue weighted by atomic mass is 35.5. The fourth-order valence-electron chi connectivity index (χ4n) is 3.83. The topological polar surface area (TPSA) is 184 Å². The molecule has 3 amide bonds. The number of aromatic nitrogens is 1. The number of anilines is 1. The Morgan fingerprint density at radius 2 is 1.91 bits per heavy atom. The number of hydrogen-bond acceptors (Lipinski definition) is 13. The van der Waals surface area contributed by atoms with Crippen LogP contribution in [-0.4, -0.2) is 98.0 Å². The van der Waals surface area contributed by atoms with E-state index in [4.69, 9.17) is 46.8 Å². The number of fused-ring (bicyclic) bond motifs is 1. The zero-order chi connectivity index (χ0) is 32.2. The summed E-state index contributed by atoms with van der Waals surface area (Å²) in [7, 11) is 2.31. The maximum Gasteiger partial charge on any atom is 0.413 e. The first-order valence-corrected chi connectivity index (χ1v) is 14.5. The van der Waals surface area contributed by atoms with E-state index in [1.165, 1.54) is 0 Å². The molecule has 3 rings (SSSR count). The van der Waals surface area contributed by atoms with E-state index in [-0.39, 0.29) is 33.3 Å². The van der Waals surface area contributed by atoms with Crippen LogP contribution in [0.5, 0.6) is 0 Å². The molecule has 1 aromatic heterocycles. The van der Waals surface area contributed by atoms with Gasteiger partial charge in [-0.25, -0.2) is 19.4 Å². The van der Waals surface area contributed by atoms with Crippen molar-refractivity contribution in [1.82, 2.24) is 15.2 Å². The van der Waals surface area contributed by atoms with Gasteiger partial charge >= 0.3 is 34.1 Å². The first kappa shape index (κ1) is 34.2. The van der Waals surface area contributed by atoms with E-state index < -0.39 is 65.5 Å². The molecule has 0 radical (unpaired) electrons. The summed E-state index contributed by atoms with van der Waals surface area (Å²) in [5.74, 6) is -3.74. The zero-order valence-electron chi connectivity index (χ0n) is 24.3. The van der Waals surface area contributed by atoms with Crippen LogP contribution in [0.1, 0.15) is 40.3 Å². The number of hydrogen-bond donors (Lipinski definition) is 2. The Balaban J connectivity index is 1.92. The van der Waals surface area contributed by atoms with E-state index in [1.54, 1.807) is 34.6 Å². The second-order valence-electron chi connectivity index (χ2n) is 10.4. The SMILES string of the molecule is BOC(=O)C1=C(CCl)CO[C@@H]2[C@H](NC(=O)/C(=N\O[C@H](C(=O)OB)C(C)C)c3nc(NC(=O)OC(C)(C)C)sc3Cl)C(=O)N12. The van der Waals surface area contributed by atoms with Gasteiger partial charge in [0.05, 0.1) is 6.61 Å². The van der Waals surface area contributed by atoms with E-state index in [0.717, 1.165) is 32.3 Å². The average Bonchev–Trinajstić information content (AvgIpc) is 3.29. The number of halogens is 2. The Morgan fingerprint density at radius 3 is 2.47 bits per heavy atom. The predicted molar refractivity (Wildman–Crippen MR) is 159 cm³/mol. The molecule has 15 nitrogen and oxygen atoms in total. The van der Waals surface area contributed by atoms with E-state index in [9.17, 15) is 24.0 Å². The van der Waals surface area contributed by atoms with Gasteiger partial charge in [-0.1, -0.05) is 41.9 Å². The lowest BCUT2D eigenvalue weighted by atomic mass is 9.98. The lowest BCUT2D eigenvalue weighted by Gasteiger charge is -2.49. The van der Waals surface area contributed by atoms with Gasteiger partial charge in [0, 0.05) is 17.4 Å². The standard InChI is InChI=1S/C23H29B2Cl2N5O10S/c1-8(2)14(20(36)41-25)42-31-11(10-15(27)43-21(29-10)30-22(37)39-23(3,4)5)16(33)28-12-17(34)32-13(19(35)40-24)9(6-26)7-38-18(12)32/h8,12,14,18H,6-7,24-25H2,1-5H3,(H,28,33)(H,29,30,37)/b31-11-/t12-,14+,18-/m1/s1. The molecule has 2 aliphatic heterocycles. The van der Waals surface area contributed by atoms with Crippen LogP contribution >= 0.6 is 34.5 Å². The number of ether oxygens (including phenoxy) is 2. The number of nitrogens with zero attached hydrogens (tertiary/aromatic N) is 3. The van der Waals surface area contributed by atoms with Gasteiger partial charge in [0.1, 0.15) is 21.3 Å². The minimum atomic E-state index is -1.26. The number of alkyl halides is 1. The van der Waals surface area contributed by atoms with Gasteiger partial charge in [-0.05, 0) is 20.8 Å². The van der Waals surface area contributed by atoms with Crippen LogP contribution in [-0.2, 0) is 42.8 Å². The number of oxime groups is 1. The van der Waals surface area contributed by atoms with Gasteiger partial charge in [0.15, 0.2) is 23.1 Å². The van der Waals surface area contributed by atoms with E-state index in [1.807, 2.05) is 0 Å². The molecular formula is C23H29B2Cl2N5O10S. The Morgan fingerprint density at radius 1 is 1.23 bits per heavy atom. The molecular weight excluding hydrogens is 631 g/mol. The molecule has 0 bridgehead atoms. The first-order valence-electron chi connectivity index (χ1n) is 12.7. The molecule has 2 N–H and O–H groups in total. The molecule has 1 aromatic rings. The van der Waals surface area contributed by atoms with Crippen molar-refractivity contribution in [1.29, 1.82) is 0 Å². The van der Waals surface area contributed by atoms with Crippen molar-refractivity contribution in [3.8, 4) is 0 Å². The number of carbonyl (C=O) groups is 5. The third-order valence-electron chi connectivity index (χ3n) is 5.80. The van der Waals surface area contributed by atoms with Gasteiger partial charge in [0.25, 0.3) is 11.8 Å². The van der Waals surface area contributed by atoms with Crippen molar-refractivity contribution < 1.29 is 47.6 Å². The summed E-state index contributed by atoms with van der Waals surface area (Å²) >= 11 is 13.1. The van der Waals surface area contributed by atoms with Gasteiger partial charge in [0.2, 0.25) is 6.10 Å². The number of β-lactam (4-membered cyclic amide) rings is 1. The van der Waals surface area contributed by atoms with Crippen LogP contribution in [0.3, 0.4) is 0 Å². The van der Waals surface area contributed by atoms with Crippen LogP contribution < -0.4 is 10.6 Å². The lowest BCUT2D eigenvalue weighted by molar-refractivity contribution is -0.183. The summed E-state index contributed by atoms with van der Waals surface area (Å²) < 4.78 is 20.3. The van der Waals surface area contributed by atoms with Gasteiger partial charge < -0.3 is 28.9 Å². The predicted octanol–water partition coefficient (Wildman–Crippen LogP) is 0.248. The third kappa shape index (κ3) is 7.79. The first-order chi connectivity index (χ1) is 20.1. The third-order valence-corrected chi connectivity index (χ3v) is 7.30. The molecule has 3 atom stereocenters. The summed E-state index contributed by atoms with van der Waals surface area (Å²) in [6.07, 6.45) is -3.10. The molecule has 2 aliphatic rings. The van der Waals surface area contributed by atoms with Gasteiger partial charge in [-0.2, -0.15) is 0 Å². The number of nitrogens with one attached hydrogen (secondary N) is 2. The Hall–Kier alpha value is -3.34. The summed E-state index contributed by atoms with van der Waals surface area (Å²) in [6, 6.07) is -1.26. The molecule has 20 heteroatoms. The Labute approximate surface area is 262 Å². The van der Waals surface area contributed by atoms with E-state index in [0.29, 0.717) is 5.57 Å². The maximum absolute atomic E-state index is 13.6. The Bertz CT molecular complexity index is 1370. The highest BCUT2D eigenvalue weighted by molar-refractivity contribution is 7.20. The molecule has 0 aromatic carbocycles. The average molecular weight is 660 g/mol. The van der Waals surface area contributed by atoms with Crippen molar-refractivity contribution in [2.24, 2.45) is 11.1 Å². The summed E-state index contributed by atoms with van der Waals surface area (Å²) in [6.45, 7) is 8.25. The van der Waals surface area contributed by atoms with Gasteiger partial charge in [-0.3, -0.25) is 19.8 Å². The zero-order valence-corrected chi connectivity index (χ0v) is 26.6. The smallest absolute Gasteiger partial charge is 0.413 e. The highest BCUT2D eigenvalue weighted by Crippen LogP contribution is 2.34. The fraction of sp³-hybridized carbons (Fsp3) is 0.522. The molecule has 43 heavy (non-hydrogen) atoms. The van der Waals surface area contributed by atoms with E-state index in [2.05, 4.69) is 20.8 Å². The van der Waals surface area contributed by atoms with Crippen molar-refractivity contribution in [2.75, 3.05) is 17.8 Å². The molecule has 0 aliphatic carbocycles. The van der Waals surface area contributed by atoms with Crippen molar-refractivity contribution in [3.05, 3.63) is 21.3 Å². The molecule has 3 heterocycles. The lowest BCUT2D eigenvalue weighted by Crippen LogP contribution is -2.73. The normalized spacial score (nSPS) is 19.2. The quantitative estimate of drug-likeness (QED) is 0.115. The van der Waals surface area contributed by atoms with Crippen LogP contribution in [0.2, 0.25) is 4.34 Å². The van der Waals surface area contributed by atoms with Gasteiger partial charge in [-0.15, -0.1) is 11.6 Å². The summed E-state index contributed by atoms with van der Waals surface area (Å²) in [5, 5.41) is 8.74. The molecule has 1 saturated heterocycles. The number of carbonyl (C=O) groups excluding carboxylic acids is 5. The highest BCUT2D eigenvalue weighted by Gasteiger charge is 2.55. The molecule has 1 fully saturated rings. The number of thiazole rings is 1.